The lowest BCUT2D eigenvalue weighted by atomic mass is 10.1. The molecule has 0 radical (unpaired) electrons. The van der Waals surface area contributed by atoms with Gasteiger partial charge in [0.2, 0.25) is 0 Å². The highest BCUT2D eigenvalue weighted by molar-refractivity contribution is 7.98. The molecule has 0 aliphatic rings. The minimum absolute atomic E-state index is 0.0691. The average molecular weight is 229 g/mol. The highest BCUT2D eigenvalue weighted by atomic mass is 32.2. The molecule has 5 heteroatoms. The molecule has 0 unspecified atom stereocenters. The Balaban J connectivity index is 2.83. The Labute approximate surface area is 93.0 Å². The van der Waals surface area contributed by atoms with E-state index in [0.717, 1.165) is 5.56 Å². The van der Waals surface area contributed by atoms with Crippen molar-refractivity contribution in [2.24, 2.45) is 0 Å². The first kappa shape index (κ1) is 12.3. The first-order valence-corrected chi connectivity index (χ1v) is 5.82. The Morgan fingerprint density at radius 2 is 2.13 bits per heavy atom. The van der Waals surface area contributed by atoms with Crippen molar-refractivity contribution in [2.45, 2.75) is 19.3 Å². The van der Waals surface area contributed by atoms with Gasteiger partial charge >= 0.3 is 0 Å². The molecule has 0 spiro atoms. The van der Waals surface area contributed by atoms with E-state index < -0.39 is 0 Å². The maximum Gasteiger partial charge on any atom is 0.142 e. The lowest BCUT2D eigenvalue weighted by molar-refractivity contribution is 0.274. The lowest BCUT2D eigenvalue weighted by Gasteiger charge is -2.10. The summed E-state index contributed by atoms with van der Waals surface area (Å²) in [5.41, 5.74) is 1.88. The van der Waals surface area contributed by atoms with Gasteiger partial charge in [-0.15, -0.1) is 0 Å². The SMILES string of the molecule is Cc1ncc(CSCCO)c(CO)c1O. The average Bonchev–Trinajstić information content (AvgIpc) is 2.24. The van der Waals surface area contributed by atoms with Crippen molar-refractivity contribution in [1.82, 2.24) is 4.98 Å². The number of aryl methyl sites for hydroxylation is 1. The van der Waals surface area contributed by atoms with Gasteiger partial charge < -0.3 is 15.3 Å². The Morgan fingerprint density at radius 3 is 2.73 bits per heavy atom. The number of aromatic hydroxyl groups is 1. The zero-order valence-electron chi connectivity index (χ0n) is 8.60. The standard InChI is InChI=1S/C10H15NO3S/c1-7-10(14)9(5-13)8(4-11-7)6-15-3-2-12/h4,12-14H,2-3,5-6H2,1H3. The van der Waals surface area contributed by atoms with Crippen LogP contribution in [0.4, 0.5) is 0 Å². The number of hydrogen-bond donors (Lipinski definition) is 3. The fraction of sp³-hybridized carbons (Fsp3) is 0.500. The van der Waals surface area contributed by atoms with E-state index in [0.29, 0.717) is 22.8 Å². The number of aliphatic hydroxyl groups excluding tert-OH is 2. The van der Waals surface area contributed by atoms with Crippen LogP contribution in [0.3, 0.4) is 0 Å². The van der Waals surface area contributed by atoms with Crippen LogP contribution >= 0.6 is 11.8 Å². The summed E-state index contributed by atoms with van der Waals surface area (Å²) >= 11 is 1.54. The molecule has 84 valence electrons. The van der Waals surface area contributed by atoms with Crippen LogP contribution in [0.1, 0.15) is 16.8 Å². The molecule has 1 rings (SSSR count). The zero-order chi connectivity index (χ0) is 11.3. The molecule has 0 saturated heterocycles. The Hall–Kier alpha value is -0.780. The number of pyridine rings is 1. The van der Waals surface area contributed by atoms with Crippen molar-refractivity contribution >= 4 is 11.8 Å². The predicted octanol–water partition coefficient (Wildman–Crippen LogP) is 0.813. The van der Waals surface area contributed by atoms with Crippen molar-refractivity contribution in [1.29, 1.82) is 0 Å². The van der Waals surface area contributed by atoms with Crippen LogP contribution in [0.5, 0.6) is 5.75 Å². The van der Waals surface area contributed by atoms with Gasteiger partial charge in [0.05, 0.1) is 18.9 Å². The van der Waals surface area contributed by atoms with Crippen LogP contribution in [0.2, 0.25) is 0 Å². The molecule has 0 aliphatic heterocycles. The molecule has 0 bridgehead atoms. The molecule has 1 aromatic heterocycles. The van der Waals surface area contributed by atoms with Gasteiger partial charge in [-0.3, -0.25) is 4.98 Å². The highest BCUT2D eigenvalue weighted by Gasteiger charge is 2.10. The molecular weight excluding hydrogens is 214 g/mol. The smallest absolute Gasteiger partial charge is 0.142 e. The third kappa shape index (κ3) is 3.09. The fourth-order valence-electron chi connectivity index (χ4n) is 1.23. The van der Waals surface area contributed by atoms with Crippen LogP contribution in [0.15, 0.2) is 6.20 Å². The highest BCUT2D eigenvalue weighted by Crippen LogP contribution is 2.26. The largest absolute Gasteiger partial charge is 0.506 e. The minimum Gasteiger partial charge on any atom is -0.506 e. The molecule has 15 heavy (non-hydrogen) atoms. The summed E-state index contributed by atoms with van der Waals surface area (Å²) in [5, 5.41) is 27.4. The van der Waals surface area contributed by atoms with Gasteiger partial charge in [-0.2, -0.15) is 11.8 Å². The van der Waals surface area contributed by atoms with Gasteiger partial charge in [-0.25, -0.2) is 0 Å². The molecular formula is C10H15NO3S. The van der Waals surface area contributed by atoms with Crippen molar-refractivity contribution in [3.05, 3.63) is 23.0 Å². The molecule has 0 aromatic carbocycles. The monoisotopic (exact) mass is 229 g/mol. The first-order chi connectivity index (χ1) is 7.20. The van der Waals surface area contributed by atoms with Crippen LogP contribution in [0, 0.1) is 6.92 Å². The van der Waals surface area contributed by atoms with E-state index >= 15 is 0 Å². The van der Waals surface area contributed by atoms with E-state index in [-0.39, 0.29) is 19.0 Å². The van der Waals surface area contributed by atoms with Crippen molar-refractivity contribution in [3.63, 3.8) is 0 Å². The molecule has 0 fully saturated rings. The Morgan fingerprint density at radius 1 is 1.40 bits per heavy atom. The number of aromatic nitrogens is 1. The second kappa shape index (κ2) is 5.95. The molecule has 0 saturated carbocycles. The van der Waals surface area contributed by atoms with E-state index in [1.165, 1.54) is 11.8 Å². The fourth-order valence-corrected chi connectivity index (χ4v) is 1.97. The maximum absolute atomic E-state index is 9.65. The molecule has 1 heterocycles. The number of nitrogens with zero attached hydrogens (tertiary/aromatic N) is 1. The van der Waals surface area contributed by atoms with Gasteiger partial charge in [0, 0.05) is 23.3 Å². The van der Waals surface area contributed by atoms with Crippen molar-refractivity contribution in [2.75, 3.05) is 12.4 Å². The van der Waals surface area contributed by atoms with Crippen LogP contribution < -0.4 is 0 Å². The van der Waals surface area contributed by atoms with Crippen LogP contribution in [-0.4, -0.2) is 32.7 Å². The number of aliphatic hydroxyl groups is 2. The number of thioether (sulfide) groups is 1. The molecule has 4 nitrogen and oxygen atoms in total. The van der Waals surface area contributed by atoms with Gasteiger partial charge in [0.1, 0.15) is 5.75 Å². The molecule has 3 N–H and O–H groups in total. The van der Waals surface area contributed by atoms with Gasteiger partial charge in [-0.1, -0.05) is 0 Å². The summed E-state index contributed by atoms with van der Waals surface area (Å²) in [6.07, 6.45) is 1.66. The topological polar surface area (TPSA) is 73.6 Å². The minimum atomic E-state index is -0.190. The predicted molar refractivity (Wildman–Crippen MR) is 59.8 cm³/mol. The third-order valence-corrected chi connectivity index (χ3v) is 3.07. The van der Waals surface area contributed by atoms with E-state index in [4.69, 9.17) is 10.2 Å². The third-order valence-electron chi connectivity index (χ3n) is 2.08. The lowest BCUT2D eigenvalue weighted by Crippen LogP contribution is -1.98. The van der Waals surface area contributed by atoms with Crippen molar-refractivity contribution in [3.8, 4) is 5.75 Å². The first-order valence-electron chi connectivity index (χ1n) is 4.66. The van der Waals surface area contributed by atoms with Gasteiger partial charge in [0.25, 0.3) is 0 Å². The normalized spacial score (nSPS) is 10.6. The zero-order valence-corrected chi connectivity index (χ0v) is 9.42. The quantitative estimate of drug-likeness (QED) is 0.652. The Kier molecular flexibility index (Phi) is 4.87. The molecule has 1 aromatic rings. The van der Waals surface area contributed by atoms with E-state index in [1.807, 2.05) is 0 Å². The molecule has 0 amide bonds. The summed E-state index contributed by atoms with van der Waals surface area (Å²) in [6.45, 7) is 1.63. The van der Waals surface area contributed by atoms with Gasteiger partial charge in [-0.05, 0) is 12.5 Å². The summed E-state index contributed by atoms with van der Waals surface area (Å²) in [7, 11) is 0. The summed E-state index contributed by atoms with van der Waals surface area (Å²) < 4.78 is 0. The van der Waals surface area contributed by atoms with E-state index in [1.54, 1.807) is 13.1 Å². The Bertz CT molecular complexity index is 331. The molecule has 0 atom stereocenters. The van der Waals surface area contributed by atoms with Crippen LogP contribution in [-0.2, 0) is 12.4 Å². The van der Waals surface area contributed by atoms with Gasteiger partial charge in [0.15, 0.2) is 0 Å². The number of hydrogen-bond acceptors (Lipinski definition) is 5. The summed E-state index contributed by atoms with van der Waals surface area (Å²) in [4.78, 5) is 4.03. The van der Waals surface area contributed by atoms with E-state index in [2.05, 4.69) is 4.98 Å². The second-order valence-electron chi connectivity index (χ2n) is 3.13. The molecule has 0 aliphatic carbocycles. The summed E-state index contributed by atoms with van der Waals surface area (Å²) in [6, 6.07) is 0. The second-order valence-corrected chi connectivity index (χ2v) is 4.24. The number of rotatable bonds is 5. The maximum atomic E-state index is 9.65. The van der Waals surface area contributed by atoms with Crippen molar-refractivity contribution < 1.29 is 15.3 Å². The van der Waals surface area contributed by atoms with Crippen LogP contribution in [0.25, 0.3) is 0 Å². The van der Waals surface area contributed by atoms with E-state index in [9.17, 15) is 5.11 Å². The summed E-state index contributed by atoms with van der Waals surface area (Å²) in [5.74, 6) is 1.34.